The summed E-state index contributed by atoms with van der Waals surface area (Å²) in [4.78, 5) is 14.7. The van der Waals surface area contributed by atoms with Crippen LogP contribution in [0.4, 0.5) is 0 Å². The van der Waals surface area contributed by atoms with Gasteiger partial charge in [0.25, 0.3) is 5.91 Å². The summed E-state index contributed by atoms with van der Waals surface area (Å²) in [5.74, 6) is 0.0858. The molecule has 4 heteroatoms. The number of hydrogen-bond acceptors (Lipinski definition) is 3. The number of ether oxygens (including phenoxy) is 1. The molecular weight excluding hydrogens is 360 g/mol. The molecule has 1 heterocycles. The van der Waals surface area contributed by atoms with Crippen molar-refractivity contribution in [2.75, 3.05) is 13.1 Å². The topological polar surface area (TPSA) is 41.6 Å². The van der Waals surface area contributed by atoms with Gasteiger partial charge in [-0.05, 0) is 53.9 Å². The van der Waals surface area contributed by atoms with Gasteiger partial charge in [-0.2, -0.15) is 0 Å². The Labute approximate surface area is 172 Å². The fraction of sp³-hybridized carbons (Fsp3) is 0.320. The van der Waals surface area contributed by atoms with Crippen molar-refractivity contribution in [1.29, 1.82) is 0 Å². The molecule has 2 unspecified atom stereocenters. The molecule has 0 aromatic heterocycles. The fourth-order valence-electron chi connectivity index (χ4n) is 3.99. The maximum absolute atomic E-state index is 12.8. The summed E-state index contributed by atoms with van der Waals surface area (Å²) in [5, 5.41) is 6.02. The third-order valence-corrected chi connectivity index (χ3v) is 5.38. The van der Waals surface area contributed by atoms with Crippen molar-refractivity contribution in [3.05, 3.63) is 83.4 Å². The lowest BCUT2D eigenvalue weighted by atomic mass is 10.1. The molecule has 4 rings (SSSR count). The number of morpholine rings is 1. The zero-order valence-electron chi connectivity index (χ0n) is 17.1. The number of amides is 1. The third kappa shape index (κ3) is 4.84. The Kier molecular flexibility index (Phi) is 5.93. The number of nitrogens with one attached hydrogen (secondary N) is 1. The van der Waals surface area contributed by atoms with Gasteiger partial charge in [-0.25, -0.2) is 0 Å². The van der Waals surface area contributed by atoms with Gasteiger partial charge in [0, 0.05) is 31.7 Å². The largest absolute Gasteiger partial charge is 0.372 e. The van der Waals surface area contributed by atoms with Gasteiger partial charge in [0.2, 0.25) is 0 Å². The van der Waals surface area contributed by atoms with Crippen LogP contribution in [-0.4, -0.2) is 36.1 Å². The molecule has 1 saturated heterocycles. The summed E-state index contributed by atoms with van der Waals surface area (Å²) in [6.07, 6.45) is 0.169. The van der Waals surface area contributed by atoms with E-state index >= 15 is 0 Å². The molecule has 0 bridgehead atoms. The molecule has 4 nitrogen and oxygen atoms in total. The minimum absolute atomic E-state index is 0.0845. The lowest BCUT2D eigenvalue weighted by Crippen LogP contribution is -2.48. The van der Waals surface area contributed by atoms with Crippen molar-refractivity contribution < 1.29 is 9.53 Å². The van der Waals surface area contributed by atoms with Gasteiger partial charge in [-0.3, -0.25) is 4.79 Å². The number of nitrogens with zero attached hydrogens (tertiary/aromatic N) is 1. The van der Waals surface area contributed by atoms with Gasteiger partial charge in [-0.1, -0.05) is 48.5 Å². The molecule has 1 amide bonds. The quantitative estimate of drug-likeness (QED) is 0.705. The molecule has 0 aliphatic carbocycles. The highest BCUT2D eigenvalue weighted by atomic mass is 16.5. The lowest BCUT2D eigenvalue weighted by molar-refractivity contribution is -0.0586. The molecule has 0 radical (unpaired) electrons. The lowest BCUT2D eigenvalue weighted by Gasteiger charge is -2.35. The Morgan fingerprint density at radius 2 is 1.52 bits per heavy atom. The minimum Gasteiger partial charge on any atom is -0.372 e. The van der Waals surface area contributed by atoms with E-state index in [1.807, 2.05) is 43.0 Å². The number of carbonyl (C=O) groups excluding carboxylic acids is 1. The third-order valence-electron chi connectivity index (χ3n) is 5.38. The first kappa shape index (κ1) is 19.6. The van der Waals surface area contributed by atoms with Crippen molar-refractivity contribution in [2.24, 2.45) is 0 Å². The van der Waals surface area contributed by atoms with E-state index < -0.39 is 0 Å². The highest BCUT2D eigenvalue weighted by Gasteiger charge is 2.26. The predicted molar refractivity (Wildman–Crippen MR) is 117 cm³/mol. The van der Waals surface area contributed by atoms with Crippen LogP contribution in [0.3, 0.4) is 0 Å². The average molecular weight is 389 g/mol. The van der Waals surface area contributed by atoms with Crippen LogP contribution in [-0.2, 0) is 17.8 Å². The van der Waals surface area contributed by atoms with E-state index in [4.69, 9.17) is 4.74 Å². The van der Waals surface area contributed by atoms with E-state index in [-0.39, 0.29) is 18.1 Å². The van der Waals surface area contributed by atoms with E-state index in [1.54, 1.807) is 0 Å². The second-order valence-corrected chi connectivity index (χ2v) is 7.95. The summed E-state index contributed by atoms with van der Waals surface area (Å²) in [7, 11) is 0. The number of rotatable bonds is 5. The van der Waals surface area contributed by atoms with Gasteiger partial charge in [-0.15, -0.1) is 0 Å². The van der Waals surface area contributed by atoms with E-state index in [0.717, 1.165) is 18.7 Å². The van der Waals surface area contributed by atoms with Crippen molar-refractivity contribution in [2.45, 2.75) is 39.1 Å². The van der Waals surface area contributed by atoms with Gasteiger partial charge in [0.1, 0.15) is 0 Å². The Balaban J connectivity index is 1.32. The second kappa shape index (κ2) is 8.76. The molecule has 29 heavy (non-hydrogen) atoms. The normalized spacial score (nSPS) is 19.4. The molecule has 1 aliphatic heterocycles. The maximum atomic E-state index is 12.8. The van der Waals surface area contributed by atoms with Crippen LogP contribution in [0.15, 0.2) is 66.7 Å². The minimum atomic E-state index is 0.0845. The highest BCUT2D eigenvalue weighted by molar-refractivity contribution is 5.94. The molecule has 2 atom stereocenters. The standard InChI is InChI=1S/C25H28N2O2/c1-18-16-27(17-19(2)29-18)25(28)23-11-7-20(8-12-23)14-26-15-21-9-10-22-5-3-4-6-24(22)13-21/h3-13,18-19,26H,14-17H2,1-2H3. The predicted octanol–water partition coefficient (Wildman–Crippen LogP) is 4.38. The van der Waals surface area contributed by atoms with Crippen LogP contribution >= 0.6 is 0 Å². The SMILES string of the molecule is CC1CN(C(=O)c2ccc(CNCc3ccc4ccccc4c3)cc2)CC(C)O1. The van der Waals surface area contributed by atoms with Crippen molar-refractivity contribution in [3.63, 3.8) is 0 Å². The summed E-state index contributed by atoms with van der Waals surface area (Å²) < 4.78 is 5.72. The number of fused-ring (bicyclic) bond motifs is 1. The molecular formula is C25H28N2O2. The molecule has 1 fully saturated rings. The molecule has 3 aromatic rings. The number of benzene rings is 3. The Bertz CT molecular complexity index is 974. The van der Waals surface area contributed by atoms with E-state index in [0.29, 0.717) is 13.1 Å². The molecule has 3 aromatic carbocycles. The van der Waals surface area contributed by atoms with Crippen LogP contribution in [0.1, 0.15) is 35.3 Å². The average Bonchev–Trinajstić information content (AvgIpc) is 2.73. The van der Waals surface area contributed by atoms with Gasteiger partial charge in [0.05, 0.1) is 12.2 Å². The monoisotopic (exact) mass is 388 g/mol. The van der Waals surface area contributed by atoms with Crippen molar-refractivity contribution in [3.8, 4) is 0 Å². The maximum Gasteiger partial charge on any atom is 0.254 e. The zero-order valence-corrected chi connectivity index (χ0v) is 17.1. The molecule has 0 saturated carbocycles. The Morgan fingerprint density at radius 3 is 2.24 bits per heavy atom. The summed E-state index contributed by atoms with van der Waals surface area (Å²) in [6, 6.07) is 22.9. The number of carbonyl (C=O) groups is 1. The van der Waals surface area contributed by atoms with Crippen LogP contribution in [0.25, 0.3) is 10.8 Å². The van der Waals surface area contributed by atoms with Crippen LogP contribution in [0, 0.1) is 0 Å². The summed E-state index contributed by atoms with van der Waals surface area (Å²) >= 11 is 0. The van der Waals surface area contributed by atoms with Crippen molar-refractivity contribution >= 4 is 16.7 Å². The van der Waals surface area contributed by atoms with Crippen LogP contribution in [0.2, 0.25) is 0 Å². The first-order valence-electron chi connectivity index (χ1n) is 10.3. The van der Waals surface area contributed by atoms with Gasteiger partial charge < -0.3 is 15.0 Å². The van der Waals surface area contributed by atoms with Crippen molar-refractivity contribution in [1.82, 2.24) is 10.2 Å². The van der Waals surface area contributed by atoms with E-state index in [2.05, 4.69) is 47.8 Å². The molecule has 1 N–H and O–H groups in total. The van der Waals surface area contributed by atoms with Gasteiger partial charge >= 0.3 is 0 Å². The first-order chi connectivity index (χ1) is 14.1. The molecule has 1 aliphatic rings. The van der Waals surface area contributed by atoms with E-state index in [1.165, 1.54) is 21.9 Å². The Hall–Kier alpha value is -2.69. The fourth-order valence-corrected chi connectivity index (χ4v) is 3.99. The smallest absolute Gasteiger partial charge is 0.254 e. The van der Waals surface area contributed by atoms with Crippen LogP contribution < -0.4 is 5.32 Å². The highest BCUT2D eigenvalue weighted by Crippen LogP contribution is 2.17. The Morgan fingerprint density at radius 1 is 0.897 bits per heavy atom. The van der Waals surface area contributed by atoms with Crippen LogP contribution in [0.5, 0.6) is 0 Å². The molecule has 150 valence electrons. The number of hydrogen-bond donors (Lipinski definition) is 1. The first-order valence-corrected chi connectivity index (χ1v) is 10.3. The van der Waals surface area contributed by atoms with Gasteiger partial charge in [0.15, 0.2) is 0 Å². The summed E-state index contributed by atoms with van der Waals surface area (Å²) in [6.45, 7) is 6.92. The zero-order chi connectivity index (χ0) is 20.2. The summed E-state index contributed by atoms with van der Waals surface area (Å²) in [5.41, 5.74) is 3.18. The molecule has 0 spiro atoms. The van der Waals surface area contributed by atoms with E-state index in [9.17, 15) is 4.79 Å². The second-order valence-electron chi connectivity index (χ2n) is 7.95.